The third-order valence-electron chi connectivity index (χ3n) is 5.96. The quantitative estimate of drug-likeness (QED) is 0.151. The van der Waals surface area contributed by atoms with Crippen LogP contribution in [0.4, 0.5) is 31.3 Å². The number of hydrogen-bond acceptors (Lipinski definition) is 8. The molecule has 7 nitrogen and oxygen atoms in total. The Morgan fingerprint density at radius 2 is 1.72 bits per heavy atom. The Balaban J connectivity index is 1.48. The van der Waals surface area contributed by atoms with Crippen molar-refractivity contribution in [3.05, 3.63) is 66.6 Å². The van der Waals surface area contributed by atoms with Gasteiger partial charge in [0.1, 0.15) is 20.3 Å². The summed E-state index contributed by atoms with van der Waals surface area (Å²) in [4.78, 5) is 38.4. The lowest BCUT2D eigenvalue weighted by Crippen LogP contribution is -2.31. The first-order chi connectivity index (χ1) is 20.0. The van der Waals surface area contributed by atoms with Gasteiger partial charge in [0.2, 0.25) is 5.91 Å². The molecule has 1 aromatic carbocycles. The second-order valence-electron chi connectivity index (χ2n) is 8.84. The number of halogens is 6. The highest BCUT2D eigenvalue weighted by atomic mass is 32.2. The van der Waals surface area contributed by atoms with E-state index < -0.39 is 41.3 Å². The van der Waals surface area contributed by atoms with Crippen LogP contribution in [0.3, 0.4) is 0 Å². The molecule has 1 saturated heterocycles. The SMILES string of the molecule is Cc1c(C(=O)O)sc(NC(=O)CCN2C(=O)C(=Cc3cc(-c4cc(C(F)(F)F)cc(C(F)(F)F)c4)cs3)SC2=S)c1C#N. The number of thiophene rings is 2. The molecule has 3 heterocycles. The number of nitrogens with one attached hydrogen (secondary N) is 1. The molecule has 0 atom stereocenters. The number of carboxylic acids is 1. The molecule has 1 aliphatic heterocycles. The van der Waals surface area contributed by atoms with Crippen molar-refractivity contribution >= 4 is 79.8 Å². The largest absolute Gasteiger partial charge is 0.477 e. The first-order valence-electron chi connectivity index (χ1n) is 11.7. The van der Waals surface area contributed by atoms with Crippen molar-refractivity contribution in [1.29, 1.82) is 5.26 Å². The van der Waals surface area contributed by atoms with E-state index in [-0.39, 0.29) is 60.4 Å². The highest BCUT2D eigenvalue weighted by Gasteiger charge is 2.37. The summed E-state index contributed by atoms with van der Waals surface area (Å²) >= 11 is 7.87. The minimum Gasteiger partial charge on any atom is -0.477 e. The Morgan fingerprint density at radius 1 is 1.09 bits per heavy atom. The molecule has 0 spiro atoms. The van der Waals surface area contributed by atoms with Gasteiger partial charge < -0.3 is 10.4 Å². The van der Waals surface area contributed by atoms with Gasteiger partial charge >= 0.3 is 18.3 Å². The number of benzene rings is 1. The number of thioether (sulfide) groups is 1. The summed E-state index contributed by atoms with van der Waals surface area (Å²) < 4.78 is 79.7. The van der Waals surface area contributed by atoms with Crippen molar-refractivity contribution in [2.45, 2.75) is 25.7 Å². The van der Waals surface area contributed by atoms with Crippen molar-refractivity contribution in [3.63, 3.8) is 0 Å². The van der Waals surface area contributed by atoms with Gasteiger partial charge in [0.15, 0.2) is 0 Å². The van der Waals surface area contributed by atoms with E-state index in [0.29, 0.717) is 17.0 Å². The number of nitrogens with zero attached hydrogens (tertiary/aromatic N) is 2. The minimum atomic E-state index is -5.00. The van der Waals surface area contributed by atoms with Gasteiger partial charge in [-0.2, -0.15) is 31.6 Å². The Bertz CT molecular complexity index is 1700. The molecular weight excluding hydrogens is 661 g/mol. The van der Waals surface area contributed by atoms with Crippen LogP contribution in [0.15, 0.2) is 34.6 Å². The number of nitriles is 1. The molecule has 17 heteroatoms. The molecule has 0 radical (unpaired) electrons. The standard InChI is InChI=1S/C26H15F6N3O4S4/c1-11-17(9-33)21(43-20(11)23(38)39)34-19(36)2-3-35-22(37)18(42-24(35)40)8-16-6-13(10-41-16)12-4-14(25(27,28)29)7-15(5-12)26(30,31)32/h4-8,10H,2-3H2,1H3,(H,34,36)(H,38,39). The van der Waals surface area contributed by atoms with Crippen molar-refractivity contribution in [1.82, 2.24) is 4.90 Å². The monoisotopic (exact) mass is 675 g/mol. The lowest BCUT2D eigenvalue weighted by Gasteiger charge is -2.14. The average molecular weight is 676 g/mol. The molecule has 4 rings (SSSR count). The van der Waals surface area contributed by atoms with E-state index in [0.717, 1.165) is 39.3 Å². The Labute approximate surface area is 256 Å². The van der Waals surface area contributed by atoms with Crippen LogP contribution in [0.2, 0.25) is 0 Å². The number of alkyl halides is 6. The van der Waals surface area contributed by atoms with Crippen LogP contribution >= 0.6 is 46.7 Å². The molecular formula is C26H15F6N3O4S4. The number of carbonyl (C=O) groups excluding carboxylic acids is 2. The number of carboxylic acid groups (broad SMARTS) is 1. The molecule has 2 amide bonds. The molecule has 0 saturated carbocycles. The topological polar surface area (TPSA) is 110 Å². The van der Waals surface area contributed by atoms with Crippen LogP contribution in [0.1, 0.15) is 43.2 Å². The summed E-state index contributed by atoms with van der Waals surface area (Å²) in [5.41, 5.74) is -2.88. The summed E-state index contributed by atoms with van der Waals surface area (Å²) in [5.74, 6) is -2.41. The van der Waals surface area contributed by atoms with Gasteiger partial charge in [-0.25, -0.2) is 4.79 Å². The van der Waals surface area contributed by atoms with Gasteiger partial charge in [0.05, 0.1) is 21.6 Å². The molecule has 3 aromatic rings. The predicted octanol–water partition coefficient (Wildman–Crippen LogP) is 7.62. The summed E-state index contributed by atoms with van der Waals surface area (Å²) in [5, 5.41) is 22.5. The third-order valence-corrected chi connectivity index (χ3v) is 9.41. The lowest BCUT2D eigenvalue weighted by atomic mass is 10.0. The average Bonchev–Trinajstić information content (AvgIpc) is 3.57. The van der Waals surface area contributed by atoms with E-state index in [4.69, 9.17) is 12.2 Å². The lowest BCUT2D eigenvalue weighted by molar-refractivity contribution is -0.143. The van der Waals surface area contributed by atoms with Crippen LogP contribution in [-0.2, 0) is 21.9 Å². The van der Waals surface area contributed by atoms with Crippen molar-refractivity contribution < 1.29 is 45.8 Å². The Morgan fingerprint density at radius 3 is 2.28 bits per heavy atom. The van der Waals surface area contributed by atoms with Gasteiger partial charge in [-0.1, -0.05) is 24.0 Å². The maximum Gasteiger partial charge on any atom is 0.416 e. The molecule has 0 aliphatic carbocycles. The smallest absolute Gasteiger partial charge is 0.416 e. The van der Waals surface area contributed by atoms with Gasteiger partial charge in [-0.05, 0) is 59.3 Å². The number of amides is 2. The number of hydrogen-bond donors (Lipinski definition) is 2. The molecule has 0 unspecified atom stereocenters. The van der Waals surface area contributed by atoms with Crippen LogP contribution in [-0.4, -0.2) is 38.7 Å². The first-order valence-corrected chi connectivity index (χ1v) is 14.6. The van der Waals surface area contributed by atoms with Crippen molar-refractivity contribution in [2.24, 2.45) is 0 Å². The second kappa shape index (κ2) is 12.1. The fourth-order valence-electron chi connectivity index (χ4n) is 3.87. The van der Waals surface area contributed by atoms with Gasteiger partial charge in [-0.3, -0.25) is 14.5 Å². The van der Waals surface area contributed by atoms with Crippen molar-refractivity contribution in [3.8, 4) is 17.2 Å². The number of anilines is 1. The number of rotatable bonds is 7. The summed E-state index contributed by atoms with van der Waals surface area (Å²) in [6.07, 6.45) is -8.85. The molecule has 2 N–H and O–H groups in total. The summed E-state index contributed by atoms with van der Waals surface area (Å²) in [7, 11) is 0. The van der Waals surface area contributed by atoms with Gasteiger partial charge in [0, 0.05) is 17.8 Å². The maximum atomic E-state index is 13.3. The van der Waals surface area contributed by atoms with E-state index in [9.17, 15) is 51.1 Å². The first kappa shape index (κ1) is 32.2. The molecule has 224 valence electrons. The molecule has 43 heavy (non-hydrogen) atoms. The molecule has 0 bridgehead atoms. The second-order valence-corrected chi connectivity index (χ2v) is 12.5. The van der Waals surface area contributed by atoms with Crippen LogP contribution < -0.4 is 5.32 Å². The predicted molar refractivity (Wildman–Crippen MR) is 154 cm³/mol. The maximum absolute atomic E-state index is 13.3. The van der Waals surface area contributed by atoms with E-state index in [1.165, 1.54) is 24.4 Å². The molecule has 1 aliphatic rings. The zero-order valence-electron chi connectivity index (χ0n) is 21.3. The Hall–Kier alpha value is -3.72. The van der Waals surface area contributed by atoms with Gasteiger partial charge in [-0.15, -0.1) is 22.7 Å². The van der Waals surface area contributed by atoms with Crippen molar-refractivity contribution in [2.75, 3.05) is 11.9 Å². The highest BCUT2D eigenvalue weighted by molar-refractivity contribution is 8.26. The van der Waals surface area contributed by atoms with E-state index >= 15 is 0 Å². The van der Waals surface area contributed by atoms with E-state index in [1.807, 2.05) is 6.07 Å². The van der Waals surface area contributed by atoms with Gasteiger partial charge in [0.25, 0.3) is 5.91 Å². The summed E-state index contributed by atoms with van der Waals surface area (Å²) in [6, 6.07) is 4.48. The minimum absolute atomic E-state index is 0.0133. The highest BCUT2D eigenvalue weighted by Crippen LogP contribution is 2.40. The molecule has 2 aromatic heterocycles. The number of carbonyl (C=O) groups is 3. The Kier molecular flexibility index (Phi) is 9.07. The zero-order chi connectivity index (χ0) is 31.9. The van der Waals surface area contributed by atoms with Crippen LogP contribution in [0.25, 0.3) is 17.2 Å². The third kappa shape index (κ3) is 7.09. The number of thiocarbonyl (C=S) groups is 1. The zero-order valence-corrected chi connectivity index (χ0v) is 24.6. The summed E-state index contributed by atoms with van der Waals surface area (Å²) in [6.45, 7) is 1.29. The molecule has 1 fully saturated rings. The van der Waals surface area contributed by atoms with E-state index in [2.05, 4.69) is 5.32 Å². The number of aromatic carboxylic acids is 1. The van der Waals surface area contributed by atoms with E-state index in [1.54, 1.807) is 0 Å². The van der Waals surface area contributed by atoms with Crippen LogP contribution in [0, 0.1) is 18.3 Å². The van der Waals surface area contributed by atoms with Crippen LogP contribution in [0.5, 0.6) is 0 Å². The fourth-order valence-corrected chi connectivity index (χ4v) is 7.10. The normalized spacial score (nSPS) is 14.8. The fraction of sp³-hybridized carbons (Fsp3) is 0.192.